The standard InChI is InChI=1S/C24H27N3O4/c1-17(2)31-21-10-8-18(9-11-21)23(29)25-14-12-19(13-15-25)26-16-22(28)27(24(26)30)20-6-4-3-5-7-20/h3-11,17,19H,12-16H2,1-2H3. The molecule has 2 saturated heterocycles. The van der Waals surface area contributed by atoms with Gasteiger partial charge in [-0.1, -0.05) is 18.2 Å². The molecule has 0 N–H and O–H groups in total. The van der Waals surface area contributed by atoms with Gasteiger partial charge < -0.3 is 14.5 Å². The van der Waals surface area contributed by atoms with E-state index < -0.39 is 0 Å². The van der Waals surface area contributed by atoms with E-state index in [2.05, 4.69) is 0 Å². The molecule has 2 heterocycles. The lowest BCUT2D eigenvalue weighted by molar-refractivity contribution is -0.116. The largest absolute Gasteiger partial charge is 0.491 e. The van der Waals surface area contributed by atoms with Crippen molar-refractivity contribution in [3.05, 3.63) is 60.2 Å². The number of benzene rings is 2. The fourth-order valence-electron chi connectivity index (χ4n) is 4.15. The SMILES string of the molecule is CC(C)Oc1ccc(C(=O)N2CCC(N3CC(=O)N(c4ccccc4)C3=O)CC2)cc1. The first-order valence-corrected chi connectivity index (χ1v) is 10.7. The molecule has 0 saturated carbocycles. The molecule has 7 nitrogen and oxygen atoms in total. The molecule has 0 bridgehead atoms. The van der Waals surface area contributed by atoms with Crippen molar-refractivity contribution in [2.45, 2.75) is 38.8 Å². The average molecular weight is 421 g/mol. The number of likely N-dealkylation sites (tertiary alicyclic amines) is 1. The Bertz CT molecular complexity index is 951. The highest BCUT2D eigenvalue weighted by Crippen LogP contribution is 2.27. The number of nitrogens with zero attached hydrogens (tertiary/aromatic N) is 3. The van der Waals surface area contributed by atoms with Crippen molar-refractivity contribution in [1.82, 2.24) is 9.80 Å². The number of ether oxygens (including phenoxy) is 1. The molecule has 0 aliphatic carbocycles. The maximum Gasteiger partial charge on any atom is 0.332 e. The second kappa shape index (κ2) is 8.79. The molecule has 0 radical (unpaired) electrons. The lowest BCUT2D eigenvalue weighted by Crippen LogP contribution is -2.48. The van der Waals surface area contributed by atoms with Crippen LogP contribution in [-0.2, 0) is 4.79 Å². The van der Waals surface area contributed by atoms with Crippen molar-refractivity contribution in [2.75, 3.05) is 24.5 Å². The Kier molecular flexibility index (Phi) is 5.93. The van der Waals surface area contributed by atoms with Crippen LogP contribution >= 0.6 is 0 Å². The van der Waals surface area contributed by atoms with E-state index in [0.29, 0.717) is 37.2 Å². The Hall–Kier alpha value is -3.35. The summed E-state index contributed by atoms with van der Waals surface area (Å²) in [6.07, 6.45) is 1.39. The summed E-state index contributed by atoms with van der Waals surface area (Å²) >= 11 is 0. The maximum atomic E-state index is 12.9. The number of piperidine rings is 1. The zero-order valence-corrected chi connectivity index (χ0v) is 17.9. The van der Waals surface area contributed by atoms with Gasteiger partial charge in [-0.05, 0) is 63.1 Å². The number of rotatable bonds is 5. The van der Waals surface area contributed by atoms with Gasteiger partial charge in [0.25, 0.3) is 11.8 Å². The predicted molar refractivity (Wildman–Crippen MR) is 117 cm³/mol. The first kappa shape index (κ1) is 20.9. The summed E-state index contributed by atoms with van der Waals surface area (Å²) < 4.78 is 5.63. The Labute approximate surface area is 182 Å². The van der Waals surface area contributed by atoms with Gasteiger partial charge in [0.15, 0.2) is 0 Å². The lowest BCUT2D eigenvalue weighted by Gasteiger charge is -2.36. The smallest absolute Gasteiger partial charge is 0.332 e. The molecule has 31 heavy (non-hydrogen) atoms. The number of hydrogen-bond acceptors (Lipinski definition) is 4. The summed E-state index contributed by atoms with van der Waals surface area (Å²) in [5.74, 6) is 0.508. The molecule has 2 aromatic carbocycles. The maximum absolute atomic E-state index is 12.9. The molecule has 4 amide bonds. The van der Waals surface area contributed by atoms with Crippen LogP contribution in [0.1, 0.15) is 37.0 Å². The van der Waals surface area contributed by atoms with E-state index in [-0.39, 0.29) is 36.5 Å². The third-order valence-corrected chi connectivity index (χ3v) is 5.67. The molecule has 2 aromatic rings. The molecule has 0 atom stereocenters. The first-order valence-electron chi connectivity index (χ1n) is 10.7. The molecule has 4 rings (SSSR count). The first-order chi connectivity index (χ1) is 14.9. The normalized spacial score (nSPS) is 17.6. The molecule has 7 heteroatoms. The summed E-state index contributed by atoms with van der Waals surface area (Å²) in [5.41, 5.74) is 1.22. The molecule has 162 valence electrons. The van der Waals surface area contributed by atoms with Crippen molar-refractivity contribution in [1.29, 1.82) is 0 Å². The van der Waals surface area contributed by atoms with Gasteiger partial charge in [0.2, 0.25) is 0 Å². The van der Waals surface area contributed by atoms with E-state index in [1.54, 1.807) is 29.2 Å². The summed E-state index contributed by atoms with van der Waals surface area (Å²) in [4.78, 5) is 42.9. The predicted octanol–water partition coefficient (Wildman–Crippen LogP) is 3.55. The second-order valence-corrected chi connectivity index (χ2v) is 8.19. The average Bonchev–Trinajstić information content (AvgIpc) is 3.08. The van der Waals surface area contributed by atoms with Crippen LogP contribution in [0.4, 0.5) is 10.5 Å². The Morgan fingerprint density at radius 2 is 1.61 bits per heavy atom. The molecule has 0 aromatic heterocycles. The minimum atomic E-state index is -0.276. The van der Waals surface area contributed by atoms with Gasteiger partial charge in [-0.3, -0.25) is 9.59 Å². The number of imide groups is 1. The van der Waals surface area contributed by atoms with Gasteiger partial charge in [0, 0.05) is 24.7 Å². The fraction of sp³-hybridized carbons (Fsp3) is 0.375. The summed E-state index contributed by atoms with van der Waals surface area (Å²) in [6, 6.07) is 15.9. The minimum absolute atomic E-state index is 0.0238. The van der Waals surface area contributed by atoms with Gasteiger partial charge in [0.05, 0.1) is 11.8 Å². The van der Waals surface area contributed by atoms with Crippen LogP contribution in [0.15, 0.2) is 54.6 Å². The van der Waals surface area contributed by atoms with E-state index in [1.807, 2.05) is 49.1 Å². The summed E-state index contributed by atoms with van der Waals surface area (Å²) in [7, 11) is 0. The zero-order chi connectivity index (χ0) is 22.0. The highest BCUT2D eigenvalue weighted by Gasteiger charge is 2.41. The highest BCUT2D eigenvalue weighted by atomic mass is 16.5. The van der Waals surface area contributed by atoms with Crippen LogP contribution in [0.5, 0.6) is 5.75 Å². The van der Waals surface area contributed by atoms with Crippen LogP contribution in [0.2, 0.25) is 0 Å². The van der Waals surface area contributed by atoms with E-state index in [1.165, 1.54) is 4.90 Å². The van der Waals surface area contributed by atoms with Crippen LogP contribution < -0.4 is 9.64 Å². The number of urea groups is 1. The number of carbonyl (C=O) groups excluding carboxylic acids is 3. The molecule has 2 aliphatic heterocycles. The summed E-state index contributed by atoms with van der Waals surface area (Å²) in [5, 5.41) is 0. The lowest BCUT2D eigenvalue weighted by atomic mass is 10.0. The van der Waals surface area contributed by atoms with Crippen molar-refractivity contribution in [2.24, 2.45) is 0 Å². The van der Waals surface area contributed by atoms with E-state index in [9.17, 15) is 14.4 Å². The van der Waals surface area contributed by atoms with E-state index in [0.717, 1.165) is 5.75 Å². The Balaban J connectivity index is 1.36. The Morgan fingerprint density at radius 1 is 0.968 bits per heavy atom. The van der Waals surface area contributed by atoms with Crippen molar-refractivity contribution < 1.29 is 19.1 Å². The van der Waals surface area contributed by atoms with Crippen molar-refractivity contribution >= 4 is 23.5 Å². The quantitative estimate of drug-likeness (QED) is 0.693. The van der Waals surface area contributed by atoms with Gasteiger partial charge in [-0.15, -0.1) is 0 Å². The number of amides is 4. The van der Waals surface area contributed by atoms with E-state index >= 15 is 0 Å². The van der Waals surface area contributed by atoms with Gasteiger partial charge in [-0.2, -0.15) is 0 Å². The monoisotopic (exact) mass is 421 g/mol. The molecule has 2 fully saturated rings. The van der Waals surface area contributed by atoms with Gasteiger partial charge in [-0.25, -0.2) is 9.69 Å². The third-order valence-electron chi connectivity index (χ3n) is 5.67. The Morgan fingerprint density at radius 3 is 2.23 bits per heavy atom. The molecular formula is C24H27N3O4. The van der Waals surface area contributed by atoms with Crippen LogP contribution in [-0.4, -0.2) is 59.4 Å². The van der Waals surface area contributed by atoms with Crippen molar-refractivity contribution in [3.63, 3.8) is 0 Å². The second-order valence-electron chi connectivity index (χ2n) is 8.19. The fourth-order valence-corrected chi connectivity index (χ4v) is 4.15. The molecular weight excluding hydrogens is 394 g/mol. The van der Waals surface area contributed by atoms with Crippen molar-refractivity contribution in [3.8, 4) is 5.75 Å². The molecule has 2 aliphatic rings. The third kappa shape index (κ3) is 4.40. The number of para-hydroxylation sites is 1. The van der Waals surface area contributed by atoms with Crippen LogP contribution in [0, 0.1) is 0 Å². The molecule has 0 spiro atoms. The van der Waals surface area contributed by atoms with Crippen LogP contribution in [0.3, 0.4) is 0 Å². The number of hydrogen-bond donors (Lipinski definition) is 0. The highest BCUT2D eigenvalue weighted by molar-refractivity contribution is 6.19. The number of anilines is 1. The number of carbonyl (C=O) groups is 3. The zero-order valence-electron chi connectivity index (χ0n) is 17.9. The van der Waals surface area contributed by atoms with Gasteiger partial charge in [0.1, 0.15) is 12.3 Å². The molecule has 0 unspecified atom stereocenters. The summed E-state index contributed by atoms with van der Waals surface area (Å²) in [6.45, 7) is 5.11. The van der Waals surface area contributed by atoms with Gasteiger partial charge >= 0.3 is 6.03 Å². The minimum Gasteiger partial charge on any atom is -0.491 e. The van der Waals surface area contributed by atoms with E-state index in [4.69, 9.17) is 4.74 Å². The topological polar surface area (TPSA) is 70.2 Å². The van der Waals surface area contributed by atoms with Crippen LogP contribution in [0.25, 0.3) is 0 Å².